The highest BCUT2D eigenvalue weighted by Gasteiger charge is 2.12. The third kappa shape index (κ3) is 4.41. The molecule has 0 spiro atoms. The van der Waals surface area contributed by atoms with E-state index in [-0.39, 0.29) is 18.9 Å². The molecule has 1 aromatic carbocycles. The van der Waals surface area contributed by atoms with Crippen molar-refractivity contribution in [3.05, 3.63) is 47.3 Å². The van der Waals surface area contributed by atoms with Crippen molar-refractivity contribution in [3.63, 3.8) is 0 Å². The number of benzene rings is 1. The van der Waals surface area contributed by atoms with Crippen molar-refractivity contribution in [3.8, 4) is 0 Å². The van der Waals surface area contributed by atoms with E-state index in [1.807, 2.05) is 30.3 Å². The molecule has 0 aliphatic heterocycles. The molecule has 1 amide bonds. The third-order valence-electron chi connectivity index (χ3n) is 3.28. The highest BCUT2D eigenvalue weighted by Crippen LogP contribution is 2.06. The molecule has 0 aliphatic carbocycles. The van der Waals surface area contributed by atoms with Crippen LogP contribution in [0.4, 0.5) is 0 Å². The fourth-order valence-electron chi connectivity index (χ4n) is 1.99. The summed E-state index contributed by atoms with van der Waals surface area (Å²) in [7, 11) is 0. The van der Waals surface area contributed by atoms with Crippen LogP contribution in [-0.2, 0) is 29.1 Å². The number of rotatable bonds is 7. The zero-order chi connectivity index (χ0) is 15.9. The standard InChI is InChI=1S/C15H18N4O3/c1-11-13(7-8-15(21)22)17-18-19(11)10-14(20)16-9-12-5-3-2-4-6-12/h2-6H,7-10H2,1H3,(H,16,20)(H,21,22). The first-order valence-electron chi connectivity index (χ1n) is 6.97. The van der Waals surface area contributed by atoms with Gasteiger partial charge in [-0.25, -0.2) is 4.68 Å². The lowest BCUT2D eigenvalue weighted by atomic mass is 10.2. The predicted molar refractivity (Wildman–Crippen MR) is 79.0 cm³/mol. The van der Waals surface area contributed by atoms with Gasteiger partial charge in [0.25, 0.3) is 0 Å². The highest BCUT2D eigenvalue weighted by molar-refractivity contribution is 5.75. The number of amides is 1. The molecule has 0 saturated heterocycles. The SMILES string of the molecule is Cc1c(CCC(=O)O)nnn1CC(=O)NCc1ccccc1. The van der Waals surface area contributed by atoms with Gasteiger partial charge in [0, 0.05) is 13.0 Å². The number of carboxylic acids is 1. The minimum atomic E-state index is -0.880. The number of aliphatic carboxylic acids is 1. The normalized spacial score (nSPS) is 10.4. The maximum Gasteiger partial charge on any atom is 0.303 e. The molecule has 0 saturated carbocycles. The first kappa shape index (κ1) is 15.7. The zero-order valence-electron chi connectivity index (χ0n) is 12.3. The molecule has 0 fully saturated rings. The van der Waals surface area contributed by atoms with Crippen molar-refractivity contribution in [1.29, 1.82) is 0 Å². The summed E-state index contributed by atoms with van der Waals surface area (Å²) in [5.41, 5.74) is 2.35. The van der Waals surface area contributed by atoms with E-state index in [0.717, 1.165) is 11.3 Å². The average Bonchev–Trinajstić information content (AvgIpc) is 2.85. The highest BCUT2D eigenvalue weighted by atomic mass is 16.4. The Hall–Kier alpha value is -2.70. The van der Waals surface area contributed by atoms with E-state index >= 15 is 0 Å². The molecule has 116 valence electrons. The first-order valence-corrected chi connectivity index (χ1v) is 6.97. The van der Waals surface area contributed by atoms with Crippen molar-refractivity contribution in [2.75, 3.05) is 0 Å². The summed E-state index contributed by atoms with van der Waals surface area (Å²) in [6.07, 6.45) is 0.312. The lowest BCUT2D eigenvalue weighted by Crippen LogP contribution is -2.28. The van der Waals surface area contributed by atoms with Crippen LogP contribution in [0.3, 0.4) is 0 Å². The molecule has 0 radical (unpaired) electrons. The Morgan fingerprint density at radius 2 is 2.00 bits per heavy atom. The number of hydrogen-bond donors (Lipinski definition) is 2. The summed E-state index contributed by atoms with van der Waals surface area (Å²) >= 11 is 0. The lowest BCUT2D eigenvalue weighted by Gasteiger charge is -2.06. The van der Waals surface area contributed by atoms with Crippen LogP contribution in [-0.4, -0.2) is 32.0 Å². The predicted octanol–water partition coefficient (Wildman–Crippen LogP) is 0.920. The van der Waals surface area contributed by atoms with Gasteiger partial charge in [-0.2, -0.15) is 0 Å². The van der Waals surface area contributed by atoms with E-state index < -0.39 is 5.97 Å². The van der Waals surface area contributed by atoms with Gasteiger partial charge in [-0.15, -0.1) is 5.10 Å². The summed E-state index contributed by atoms with van der Waals surface area (Å²) in [4.78, 5) is 22.5. The Kier molecular flexibility index (Phi) is 5.24. The van der Waals surface area contributed by atoms with Crippen LogP contribution >= 0.6 is 0 Å². The number of nitrogens with one attached hydrogen (secondary N) is 1. The van der Waals surface area contributed by atoms with E-state index in [2.05, 4.69) is 15.6 Å². The van der Waals surface area contributed by atoms with E-state index in [1.165, 1.54) is 4.68 Å². The molecule has 0 bridgehead atoms. The molecule has 0 unspecified atom stereocenters. The number of carbonyl (C=O) groups is 2. The molecule has 0 atom stereocenters. The third-order valence-corrected chi connectivity index (χ3v) is 3.28. The minimum absolute atomic E-state index is 0.000261. The second-order valence-electron chi connectivity index (χ2n) is 4.94. The summed E-state index contributed by atoms with van der Waals surface area (Å²) in [6.45, 7) is 2.31. The zero-order valence-corrected chi connectivity index (χ0v) is 12.3. The molecule has 2 rings (SSSR count). The van der Waals surface area contributed by atoms with Crippen molar-refractivity contribution in [2.24, 2.45) is 0 Å². The summed E-state index contributed by atoms with van der Waals surface area (Å²) < 4.78 is 1.48. The average molecular weight is 302 g/mol. The number of carboxylic acid groups (broad SMARTS) is 1. The van der Waals surface area contributed by atoms with Gasteiger partial charge < -0.3 is 10.4 Å². The molecular weight excluding hydrogens is 284 g/mol. The Bertz CT molecular complexity index is 652. The molecule has 1 aromatic heterocycles. The van der Waals surface area contributed by atoms with Crippen LogP contribution in [0.5, 0.6) is 0 Å². The molecule has 22 heavy (non-hydrogen) atoms. The van der Waals surface area contributed by atoms with Crippen molar-refractivity contribution >= 4 is 11.9 Å². The molecule has 2 N–H and O–H groups in total. The lowest BCUT2D eigenvalue weighted by molar-refractivity contribution is -0.137. The topological polar surface area (TPSA) is 97.1 Å². The van der Waals surface area contributed by atoms with Crippen LogP contribution in [0.2, 0.25) is 0 Å². The Balaban J connectivity index is 1.87. The van der Waals surface area contributed by atoms with Crippen molar-refractivity contribution in [1.82, 2.24) is 20.3 Å². The monoisotopic (exact) mass is 302 g/mol. The summed E-state index contributed by atoms with van der Waals surface area (Å²) in [5, 5.41) is 19.3. The summed E-state index contributed by atoms with van der Waals surface area (Å²) in [5.74, 6) is -1.05. The number of nitrogens with zero attached hydrogens (tertiary/aromatic N) is 3. The van der Waals surface area contributed by atoms with Gasteiger partial charge in [0.15, 0.2) is 0 Å². The van der Waals surface area contributed by atoms with Crippen LogP contribution < -0.4 is 5.32 Å². The Morgan fingerprint density at radius 1 is 1.27 bits per heavy atom. The number of aromatic nitrogens is 3. The maximum atomic E-state index is 11.9. The number of carbonyl (C=O) groups excluding carboxylic acids is 1. The van der Waals surface area contributed by atoms with Gasteiger partial charge in [0.05, 0.1) is 17.8 Å². The second-order valence-corrected chi connectivity index (χ2v) is 4.94. The van der Waals surface area contributed by atoms with E-state index in [4.69, 9.17) is 5.11 Å². The smallest absolute Gasteiger partial charge is 0.303 e. The van der Waals surface area contributed by atoms with Gasteiger partial charge in [-0.05, 0) is 12.5 Å². The number of aryl methyl sites for hydroxylation is 1. The Labute approximate surface area is 128 Å². The summed E-state index contributed by atoms with van der Waals surface area (Å²) in [6, 6.07) is 9.62. The fourth-order valence-corrected chi connectivity index (χ4v) is 1.99. The number of hydrogen-bond acceptors (Lipinski definition) is 4. The molecule has 2 aromatic rings. The van der Waals surface area contributed by atoms with Crippen LogP contribution in [0.25, 0.3) is 0 Å². The van der Waals surface area contributed by atoms with Gasteiger partial charge >= 0.3 is 5.97 Å². The van der Waals surface area contributed by atoms with E-state index in [9.17, 15) is 9.59 Å². The second kappa shape index (κ2) is 7.35. The van der Waals surface area contributed by atoms with E-state index in [1.54, 1.807) is 6.92 Å². The quantitative estimate of drug-likeness (QED) is 0.792. The molecule has 7 nitrogen and oxygen atoms in total. The van der Waals surface area contributed by atoms with Gasteiger partial charge in [0.2, 0.25) is 5.91 Å². The van der Waals surface area contributed by atoms with Crippen molar-refractivity contribution < 1.29 is 14.7 Å². The van der Waals surface area contributed by atoms with E-state index in [0.29, 0.717) is 18.7 Å². The maximum absolute atomic E-state index is 11.9. The first-order chi connectivity index (χ1) is 10.6. The van der Waals surface area contributed by atoms with Crippen LogP contribution in [0.15, 0.2) is 30.3 Å². The Morgan fingerprint density at radius 3 is 2.68 bits per heavy atom. The minimum Gasteiger partial charge on any atom is -0.481 e. The van der Waals surface area contributed by atoms with Gasteiger partial charge in [0.1, 0.15) is 6.54 Å². The van der Waals surface area contributed by atoms with Crippen LogP contribution in [0, 0.1) is 6.92 Å². The molecular formula is C15H18N4O3. The fraction of sp³-hybridized carbons (Fsp3) is 0.333. The molecule has 1 heterocycles. The van der Waals surface area contributed by atoms with Crippen LogP contribution in [0.1, 0.15) is 23.4 Å². The molecule has 0 aliphatic rings. The molecule has 7 heteroatoms. The largest absolute Gasteiger partial charge is 0.481 e. The van der Waals surface area contributed by atoms with Gasteiger partial charge in [-0.3, -0.25) is 9.59 Å². The van der Waals surface area contributed by atoms with Crippen molar-refractivity contribution in [2.45, 2.75) is 32.9 Å². The van der Waals surface area contributed by atoms with Gasteiger partial charge in [-0.1, -0.05) is 35.5 Å².